The normalized spacial score (nSPS) is 11.5. The van der Waals surface area contributed by atoms with Gasteiger partial charge in [-0.15, -0.1) is 4.68 Å². The van der Waals surface area contributed by atoms with Crippen molar-refractivity contribution in [1.29, 1.82) is 0 Å². The zero-order chi connectivity index (χ0) is 15.5. The first-order valence-electron chi connectivity index (χ1n) is 6.54. The number of anilines is 1. The molecule has 0 aliphatic heterocycles. The molecule has 0 spiro atoms. The molecule has 0 atom stereocenters. The lowest BCUT2D eigenvalue weighted by Gasteiger charge is -2.07. The molecule has 2 aromatic rings. The Bertz CT molecular complexity index is 731. The maximum absolute atomic E-state index is 10.8. The van der Waals surface area contributed by atoms with Crippen LogP contribution in [0.3, 0.4) is 0 Å². The summed E-state index contributed by atoms with van der Waals surface area (Å²) in [5.74, 6) is 0.181. The molecule has 0 aliphatic carbocycles. The van der Waals surface area contributed by atoms with E-state index in [0.717, 1.165) is 16.8 Å². The second-order valence-electron chi connectivity index (χ2n) is 4.83. The first kappa shape index (κ1) is 15.4. The topological polar surface area (TPSA) is 97.2 Å². The SMILES string of the molecule is Cc1cc(-c2ccccc2)n[n+](CCCS(=O)(=O)O)c1N. The fraction of sp³-hybridized carbons (Fsp3) is 0.286. The maximum atomic E-state index is 10.8. The Kier molecular flexibility index (Phi) is 4.54. The van der Waals surface area contributed by atoms with E-state index in [1.807, 2.05) is 43.3 Å². The van der Waals surface area contributed by atoms with Gasteiger partial charge in [0.05, 0.1) is 5.75 Å². The second kappa shape index (κ2) is 6.19. The van der Waals surface area contributed by atoms with Crippen LogP contribution >= 0.6 is 0 Å². The number of hydrogen-bond acceptors (Lipinski definition) is 4. The van der Waals surface area contributed by atoms with Crippen molar-refractivity contribution >= 4 is 15.9 Å². The zero-order valence-electron chi connectivity index (χ0n) is 11.7. The van der Waals surface area contributed by atoms with E-state index in [0.29, 0.717) is 12.4 Å². The second-order valence-corrected chi connectivity index (χ2v) is 6.40. The fourth-order valence-corrected chi connectivity index (χ4v) is 2.51. The molecule has 0 fully saturated rings. The fourth-order valence-electron chi connectivity index (χ4n) is 2.01. The Balaban J connectivity index is 2.27. The van der Waals surface area contributed by atoms with Gasteiger partial charge in [-0.05, 0) is 13.0 Å². The number of nitrogens with zero attached hydrogens (tertiary/aromatic N) is 2. The van der Waals surface area contributed by atoms with Gasteiger partial charge in [-0.2, -0.15) is 8.42 Å². The van der Waals surface area contributed by atoms with Crippen LogP contribution in [0, 0.1) is 6.92 Å². The van der Waals surface area contributed by atoms with Crippen molar-refractivity contribution in [2.75, 3.05) is 11.5 Å². The van der Waals surface area contributed by atoms with E-state index < -0.39 is 10.1 Å². The van der Waals surface area contributed by atoms with Crippen molar-refractivity contribution in [1.82, 2.24) is 5.10 Å². The monoisotopic (exact) mass is 308 g/mol. The quantitative estimate of drug-likeness (QED) is 0.639. The summed E-state index contributed by atoms with van der Waals surface area (Å²) >= 11 is 0. The van der Waals surface area contributed by atoms with Crippen molar-refractivity contribution in [2.24, 2.45) is 0 Å². The minimum Gasteiger partial charge on any atom is -0.286 e. The lowest BCUT2D eigenvalue weighted by molar-refractivity contribution is -0.739. The molecule has 0 bridgehead atoms. The van der Waals surface area contributed by atoms with E-state index in [1.54, 1.807) is 4.68 Å². The molecule has 2 rings (SSSR count). The van der Waals surface area contributed by atoms with Crippen molar-refractivity contribution in [2.45, 2.75) is 19.9 Å². The molecule has 1 aromatic heterocycles. The molecular weight excluding hydrogens is 290 g/mol. The van der Waals surface area contributed by atoms with Crippen LogP contribution in [0.1, 0.15) is 12.0 Å². The van der Waals surface area contributed by atoms with Crippen molar-refractivity contribution in [3.63, 3.8) is 0 Å². The summed E-state index contributed by atoms with van der Waals surface area (Å²) in [5, 5.41) is 4.44. The number of aromatic nitrogens is 2. The van der Waals surface area contributed by atoms with Crippen LogP contribution in [0.4, 0.5) is 5.82 Å². The van der Waals surface area contributed by atoms with E-state index in [9.17, 15) is 8.42 Å². The number of aryl methyl sites for hydroxylation is 2. The van der Waals surface area contributed by atoms with Gasteiger partial charge < -0.3 is 0 Å². The third-order valence-electron chi connectivity index (χ3n) is 3.11. The number of benzene rings is 1. The van der Waals surface area contributed by atoms with Gasteiger partial charge in [-0.25, -0.2) is 0 Å². The van der Waals surface area contributed by atoms with Gasteiger partial charge in [-0.1, -0.05) is 35.4 Å². The third-order valence-corrected chi connectivity index (χ3v) is 3.91. The van der Waals surface area contributed by atoms with E-state index >= 15 is 0 Å². The highest BCUT2D eigenvalue weighted by atomic mass is 32.2. The number of hydrogen-bond donors (Lipinski definition) is 2. The molecule has 0 saturated heterocycles. The van der Waals surface area contributed by atoms with Crippen molar-refractivity contribution in [3.8, 4) is 11.3 Å². The Morgan fingerprint density at radius 2 is 1.95 bits per heavy atom. The van der Waals surface area contributed by atoms with Crippen molar-refractivity contribution < 1.29 is 17.7 Å². The van der Waals surface area contributed by atoms with Crippen LogP contribution < -0.4 is 10.4 Å². The predicted molar refractivity (Wildman–Crippen MR) is 80.1 cm³/mol. The van der Waals surface area contributed by atoms with Gasteiger partial charge in [0.1, 0.15) is 12.2 Å². The minimum absolute atomic E-state index is 0.248. The third kappa shape index (κ3) is 4.24. The number of nitrogens with two attached hydrogens (primary N) is 1. The molecule has 0 aliphatic rings. The Morgan fingerprint density at radius 3 is 2.57 bits per heavy atom. The van der Waals surface area contributed by atoms with Crippen LogP contribution in [0.5, 0.6) is 0 Å². The Labute approximate surface area is 124 Å². The number of rotatable bonds is 5. The summed E-state index contributed by atoms with van der Waals surface area (Å²) in [4.78, 5) is 0. The lowest BCUT2D eigenvalue weighted by atomic mass is 10.1. The summed E-state index contributed by atoms with van der Waals surface area (Å²) in [6.07, 6.45) is 0.248. The molecule has 7 heteroatoms. The molecule has 3 N–H and O–H groups in total. The van der Waals surface area contributed by atoms with Gasteiger partial charge in [0.25, 0.3) is 15.9 Å². The van der Waals surface area contributed by atoms with Crippen LogP contribution in [-0.2, 0) is 16.7 Å². The average Bonchev–Trinajstić information content (AvgIpc) is 2.43. The van der Waals surface area contributed by atoms with E-state index in [-0.39, 0.29) is 12.2 Å². The molecule has 1 aromatic carbocycles. The molecule has 1 heterocycles. The Morgan fingerprint density at radius 1 is 1.29 bits per heavy atom. The predicted octanol–water partition coefficient (Wildman–Crippen LogP) is 1.20. The largest absolute Gasteiger partial charge is 0.295 e. The first-order valence-corrected chi connectivity index (χ1v) is 8.15. The average molecular weight is 308 g/mol. The van der Waals surface area contributed by atoms with Gasteiger partial charge in [-0.3, -0.25) is 10.3 Å². The molecule has 0 saturated carbocycles. The van der Waals surface area contributed by atoms with Gasteiger partial charge >= 0.3 is 0 Å². The molecule has 0 amide bonds. The number of nitrogen functional groups attached to an aromatic ring is 1. The van der Waals surface area contributed by atoms with Crippen LogP contribution in [0.15, 0.2) is 36.4 Å². The Hall–Kier alpha value is -1.99. The van der Waals surface area contributed by atoms with Crippen LogP contribution in [0.25, 0.3) is 11.3 Å². The molecule has 0 radical (unpaired) electrons. The maximum Gasteiger partial charge on any atom is 0.295 e. The molecular formula is C14H18N3O3S+. The van der Waals surface area contributed by atoms with Crippen LogP contribution in [-0.4, -0.2) is 23.8 Å². The minimum atomic E-state index is -3.96. The highest BCUT2D eigenvalue weighted by molar-refractivity contribution is 7.85. The summed E-state index contributed by atoms with van der Waals surface area (Å²) in [5.41, 5.74) is 8.57. The van der Waals surface area contributed by atoms with E-state index in [4.69, 9.17) is 10.3 Å². The molecule has 6 nitrogen and oxygen atoms in total. The van der Waals surface area contributed by atoms with Gasteiger partial charge in [0.15, 0.2) is 0 Å². The molecule has 21 heavy (non-hydrogen) atoms. The van der Waals surface area contributed by atoms with Gasteiger partial charge in [0, 0.05) is 17.5 Å². The van der Waals surface area contributed by atoms with Gasteiger partial charge in [0.2, 0.25) is 0 Å². The summed E-state index contributed by atoms with van der Waals surface area (Å²) in [6, 6.07) is 11.6. The smallest absolute Gasteiger partial charge is 0.286 e. The summed E-state index contributed by atoms with van der Waals surface area (Å²) < 4.78 is 31.8. The molecule has 112 valence electrons. The van der Waals surface area contributed by atoms with E-state index in [1.165, 1.54) is 0 Å². The highest BCUT2D eigenvalue weighted by Crippen LogP contribution is 2.17. The first-order chi connectivity index (χ1) is 9.87. The van der Waals surface area contributed by atoms with Crippen LogP contribution in [0.2, 0.25) is 0 Å². The summed E-state index contributed by atoms with van der Waals surface area (Å²) in [6.45, 7) is 2.20. The standard InChI is InChI=1S/C14H17N3O3S/c1-11-10-13(12-6-3-2-4-7-12)16-17(14(11)15)8-5-9-21(18,19)20/h2-4,6-7,10,15H,5,8-9H2,1H3,(H,18,19,20)/p+1. The zero-order valence-corrected chi connectivity index (χ0v) is 12.5. The lowest BCUT2D eigenvalue weighted by Crippen LogP contribution is -2.42. The molecule has 0 unspecified atom stereocenters. The summed E-state index contributed by atoms with van der Waals surface area (Å²) in [7, 11) is -3.96. The van der Waals surface area contributed by atoms with E-state index in [2.05, 4.69) is 5.10 Å². The highest BCUT2D eigenvalue weighted by Gasteiger charge is 2.14. The van der Waals surface area contributed by atoms with Crippen molar-refractivity contribution in [3.05, 3.63) is 42.0 Å².